The molecule has 1 saturated carbocycles. The monoisotopic (exact) mass is 466 g/mol. The molecule has 1 unspecified atom stereocenters. The Kier molecular flexibility index (Phi) is 7.42. The van der Waals surface area contributed by atoms with Gasteiger partial charge in [-0.3, -0.25) is 14.4 Å². The third-order valence-electron chi connectivity index (χ3n) is 7.53. The third-order valence-corrected chi connectivity index (χ3v) is 7.53. The largest absolute Gasteiger partial charge is 0.468 e. The molecule has 1 aliphatic heterocycles. The molecule has 1 saturated heterocycles. The summed E-state index contributed by atoms with van der Waals surface area (Å²) in [4.78, 5) is 39.8. The molecule has 0 aromatic rings. The van der Waals surface area contributed by atoms with E-state index in [1.54, 1.807) is 27.7 Å². The summed E-state index contributed by atoms with van der Waals surface area (Å²) >= 11 is 0. The Morgan fingerprint density at radius 2 is 2.00 bits per heavy atom. The summed E-state index contributed by atoms with van der Waals surface area (Å²) in [5.41, 5.74) is -3.67. The average Bonchev–Trinajstić information content (AvgIpc) is 3.19. The molecule has 0 bridgehead atoms. The van der Waals surface area contributed by atoms with Gasteiger partial charge in [0.1, 0.15) is 16.8 Å². The van der Waals surface area contributed by atoms with Crippen molar-refractivity contribution in [1.82, 2.24) is 0 Å². The van der Waals surface area contributed by atoms with Crippen LogP contribution in [0.2, 0.25) is 0 Å². The molecular formula is C25H38O8. The minimum Gasteiger partial charge on any atom is -0.468 e. The normalized spacial score (nSPS) is 37.0. The quantitative estimate of drug-likeness (QED) is 0.451. The van der Waals surface area contributed by atoms with E-state index in [1.165, 1.54) is 14.2 Å². The van der Waals surface area contributed by atoms with Crippen molar-refractivity contribution < 1.29 is 38.4 Å². The first-order valence-electron chi connectivity index (χ1n) is 11.8. The summed E-state index contributed by atoms with van der Waals surface area (Å²) in [7, 11) is 2.74. The zero-order valence-corrected chi connectivity index (χ0v) is 20.6. The number of ether oxygens (including phenoxy) is 4. The summed E-state index contributed by atoms with van der Waals surface area (Å²) in [6.07, 6.45) is 4.73. The first-order valence-corrected chi connectivity index (χ1v) is 11.8. The van der Waals surface area contributed by atoms with E-state index in [2.05, 4.69) is 0 Å². The Bertz CT molecular complexity index is 799. The Balaban J connectivity index is 2.06. The Morgan fingerprint density at radius 1 is 1.30 bits per heavy atom. The van der Waals surface area contributed by atoms with Crippen molar-refractivity contribution in [3.05, 3.63) is 12.2 Å². The van der Waals surface area contributed by atoms with E-state index in [9.17, 15) is 19.5 Å². The van der Waals surface area contributed by atoms with Gasteiger partial charge in [-0.1, -0.05) is 12.2 Å². The first-order chi connectivity index (χ1) is 15.4. The second-order valence-corrected chi connectivity index (χ2v) is 10.6. The van der Waals surface area contributed by atoms with Crippen LogP contribution in [0.5, 0.6) is 0 Å². The Labute approximate surface area is 196 Å². The molecule has 0 amide bonds. The van der Waals surface area contributed by atoms with E-state index in [-0.39, 0.29) is 31.0 Å². The number of rotatable bonds is 7. The van der Waals surface area contributed by atoms with Gasteiger partial charge in [-0.2, -0.15) is 0 Å². The van der Waals surface area contributed by atoms with Crippen LogP contribution in [0, 0.1) is 23.2 Å². The van der Waals surface area contributed by atoms with Crippen LogP contribution in [-0.4, -0.2) is 60.6 Å². The molecule has 8 nitrogen and oxygen atoms in total. The zero-order chi connectivity index (χ0) is 24.6. The van der Waals surface area contributed by atoms with Gasteiger partial charge in [-0.15, -0.1) is 0 Å². The molecule has 8 heteroatoms. The van der Waals surface area contributed by atoms with Crippen molar-refractivity contribution in [2.45, 2.75) is 89.8 Å². The zero-order valence-electron chi connectivity index (χ0n) is 20.6. The van der Waals surface area contributed by atoms with Crippen molar-refractivity contribution in [2.75, 3.05) is 14.2 Å². The van der Waals surface area contributed by atoms with Gasteiger partial charge in [-0.25, -0.2) is 0 Å². The molecule has 3 rings (SSSR count). The summed E-state index contributed by atoms with van der Waals surface area (Å²) in [6, 6.07) is 0. The van der Waals surface area contributed by atoms with Crippen LogP contribution in [0.3, 0.4) is 0 Å². The fourth-order valence-electron chi connectivity index (χ4n) is 6.15. The topological polar surface area (TPSA) is 108 Å². The second kappa shape index (κ2) is 9.47. The number of hydrogen-bond donors (Lipinski definition) is 1. The van der Waals surface area contributed by atoms with Gasteiger partial charge >= 0.3 is 11.9 Å². The van der Waals surface area contributed by atoms with Gasteiger partial charge in [0.15, 0.2) is 6.29 Å². The maximum atomic E-state index is 13.8. The molecule has 2 fully saturated rings. The highest BCUT2D eigenvalue weighted by Crippen LogP contribution is 2.63. The molecule has 1 N–H and O–H groups in total. The molecular weight excluding hydrogens is 428 g/mol. The summed E-state index contributed by atoms with van der Waals surface area (Å²) in [5, 5.41) is 11.8. The average molecular weight is 467 g/mol. The lowest BCUT2D eigenvalue weighted by Crippen LogP contribution is -2.62. The highest BCUT2D eigenvalue weighted by Gasteiger charge is 2.77. The number of aliphatic hydroxyl groups excluding tert-OH is 1. The molecule has 1 heterocycles. The molecule has 2 aliphatic carbocycles. The molecule has 0 spiro atoms. The number of carbonyl (C=O) groups is 3. The van der Waals surface area contributed by atoms with Gasteiger partial charge in [0.2, 0.25) is 0 Å². The van der Waals surface area contributed by atoms with Crippen molar-refractivity contribution in [1.29, 1.82) is 0 Å². The fraction of sp³-hybridized carbons (Fsp3) is 0.800. The van der Waals surface area contributed by atoms with Crippen molar-refractivity contribution >= 4 is 17.7 Å². The highest BCUT2D eigenvalue weighted by atomic mass is 16.7. The third kappa shape index (κ3) is 4.37. The van der Waals surface area contributed by atoms with Gasteiger partial charge in [0.05, 0.1) is 24.7 Å². The standard InChI is InChI=1S/C25H38O8/c1-23(2,3)32-18(26)13-12-16-20(27)17-14-19(30-5)33-24(17,4)25(16,22(29)31-6)21(28)15-10-8-7-9-11-15/h8,10,15-17,19,21,28H,7,9,11-14H2,1-6H3/t15-,16?,17+,19+,21+,24+,25-/m1/s1. The van der Waals surface area contributed by atoms with E-state index >= 15 is 0 Å². The lowest BCUT2D eigenvalue weighted by molar-refractivity contribution is -0.232. The number of methoxy groups -OCH3 is 2. The summed E-state index contributed by atoms with van der Waals surface area (Å²) in [5.74, 6) is -3.31. The van der Waals surface area contributed by atoms with Gasteiger partial charge in [0, 0.05) is 31.8 Å². The Hall–Kier alpha value is -1.77. The van der Waals surface area contributed by atoms with Gasteiger partial charge < -0.3 is 24.1 Å². The van der Waals surface area contributed by atoms with Crippen LogP contribution < -0.4 is 0 Å². The minimum absolute atomic E-state index is 0.0590. The lowest BCUT2D eigenvalue weighted by atomic mass is 9.60. The molecule has 33 heavy (non-hydrogen) atoms. The van der Waals surface area contributed by atoms with E-state index in [0.717, 1.165) is 12.8 Å². The number of allylic oxidation sites excluding steroid dienone is 1. The number of ketones is 1. The number of hydrogen-bond acceptors (Lipinski definition) is 8. The van der Waals surface area contributed by atoms with Crippen LogP contribution in [0.1, 0.15) is 66.2 Å². The van der Waals surface area contributed by atoms with Gasteiger partial charge in [-0.05, 0) is 53.4 Å². The van der Waals surface area contributed by atoms with E-state index in [4.69, 9.17) is 18.9 Å². The van der Waals surface area contributed by atoms with Gasteiger partial charge in [0.25, 0.3) is 0 Å². The minimum atomic E-state index is -1.68. The van der Waals surface area contributed by atoms with Crippen molar-refractivity contribution in [3.63, 3.8) is 0 Å². The molecule has 7 atom stereocenters. The number of carbonyl (C=O) groups excluding carboxylic acids is 3. The predicted octanol–water partition coefficient (Wildman–Crippen LogP) is 2.95. The van der Waals surface area contributed by atoms with E-state index in [1.807, 2.05) is 12.2 Å². The van der Waals surface area contributed by atoms with Crippen LogP contribution in [0.15, 0.2) is 12.2 Å². The lowest BCUT2D eigenvalue weighted by Gasteiger charge is -2.48. The molecule has 0 aromatic heterocycles. The maximum absolute atomic E-state index is 13.8. The highest BCUT2D eigenvalue weighted by molar-refractivity contribution is 5.98. The van der Waals surface area contributed by atoms with Crippen LogP contribution >= 0.6 is 0 Å². The van der Waals surface area contributed by atoms with Crippen molar-refractivity contribution in [3.8, 4) is 0 Å². The summed E-state index contributed by atoms with van der Waals surface area (Å²) < 4.78 is 22.3. The maximum Gasteiger partial charge on any atom is 0.318 e. The fourth-order valence-corrected chi connectivity index (χ4v) is 6.15. The van der Waals surface area contributed by atoms with E-state index in [0.29, 0.717) is 6.42 Å². The molecule has 0 radical (unpaired) electrons. The molecule has 3 aliphatic rings. The van der Waals surface area contributed by atoms with Crippen LogP contribution in [-0.2, 0) is 33.3 Å². The predicted molar refractivity (Wildman–Crippen MR) is 119 cm³/mol. The number of fused-ring (bicyclic) bond motifs is 1. The van der Waals surface area contributed by atoms with E-state index < -0.39 is 52.8 Å². The number of aliphatic hydroxyl groups is 1. The SMILES string of the molecule is COC(=O)[C@]1([C@@H](O)[C@@H]2C=CCCC2)C(CCC(=O)OC(C)(C)C)C(=O)[C@@H]2C[C@@H](OC)O[C@@]21C. The second-order valence-electron chi connectivity index (χ2n) is 10.6. The molecule has 186 valence electrons. The first kappa shape index (κ1) is 25.8. The number of Topliss-reactive ketones (excluding diaryl/α,β-unsaturated/α-hetero) is 1. The number of esters is 2. The Morgan fingerprint density at radius 3 is 2.55 bits per heavy atom. The summed E-state index contributed by atoms with van der Waals surface area (Å²) in [6.45, 7) is 7.02. The van der Waals surface area contributed by atoms with Crippen molar-refractivity contribution in [2.24, 2.45) is 23.2 Å². The molecule has 0 aromatic carbocycles. The smallest absolute Gasteiger partial charge is 0.318 e. The van der Waals surface area contributed by atoms with Crippen LogP contribution in [0.4, 0.5) is 0 Å². The van der Waals surface area contributed by atoms with Crippen LogP contribution in [0.25, 0.3) is 0 Å².